The number of carbonyl (C=O) groups excluding carboxylic acids is 1. The molecule has 120 valence electrons. The van der Waals surface area contributed by atoms with Crippen LogP contribution in [0.1, 0.15) is 5.56 Å². The maximum absolute atomic E-state index is 12.4. The van der Waals surface area contributed by atoms with E-state index >= 15 is 0 Å². The highest BCUT2D eigenvalue weighted by molar-refractivity contribution is 7.99. The predicted molar refractivity (Wildman–Crippen MR) is 91.0 cm³/mol. The van der Waals surface area contributed by atoms with Crippen molar-refractivity contribution in [3.05, 3.63) is 48.0 Å². The summed E-state index contributed by atoms with van der Waals surface area (Å²) in [6.45, 7) is 1.14. The van der Waals surface area contributed by atoms with Crippen LogP contribution in [0.3, 0.4) is 0 Å². The highest BCUT2D eigenvalue weighted by atomic mass is 32.2. The van der Waals surface area contributed by atoms with Gasteiger partial charge in [0.15, 0.2) is 0 Å². The minimum atomic E-state index is -0.356. The average Bonchev–Trinajstić information content (AvgIpc) is 2.78. The van der Waals surface area contributed by atoms with E-state index < -0.39 is 0 Å². The van der Waals surface area contributed by atoms with Crippen LogP contribution in [-0.4, -0.2) is 30.4 Å². The third-order valence-electron chi connectivity index (χ3n) is 3.59. The number of nitrogens with zero attached hydrogens (tertiary/aromatic N) is 1. The molecular formula is C17H18N2O3S. The van der Waals surface area contributed by atoms with Crippen molar-refractivity contribution in [2.45, 2.75) is 11.4 Å². The van der Waals surface area contributed by atoms with E-state index in [9.17, 15) is 4.79 Å². The van der Waals surface area contributed by atoms with Crippen molar-refractivity contribution in [2.75, 3.05) is 25.1 Å². The number of ether oxygens (including phenoxy) is 2. The van der Waals surface area contributed by atoms with Gasteiger partial charge in [0.05, 0.1) is 13.7 Å². The van der Waals surface area contributed by atoms with E-state index in [0.29, 0.717) is 24.5 Å². The fourth-order valence-corrected chi connectivity index (χ4v) is 3.36. The topological polar surface area (TPSA) is 64.8 Å². The quantitative estimate of drug-likeness (QED) is 0.855. The third-order valence-corrected chi connectivity index (χ3v) is 4.69. The number of methoxy groups -OCH3 is 1. The molecule has 23 heavy (non-hydrogen) atoms. The minimum absolute atomic E-state index is 0.356. The summed E-state index contributed by atoms with van der Waals surface area (Å²) in [6, 6.07) is 12.7. The molecule has 0 atom stereocenters. The van der Waals surface area contributed by atoms with Crippen LogP contribution in [-0.2, 0) is 6.54 Å². The van der Waals surface area contributed by atoms with Gasteiger partial charge in [-0.25, -0.2) is 4.79 Å². The van der Waals surface area contributed by atoms with E-state index in [1.165, 1.54) is 4.90 Å². The molecule has 0 saturated heterocycles. The smallest absolute Gasteiger partial charge is 0.415 e. The molecule has 0 fully saturated rings. The van der Waals surface area contributed by atoms with Crippen LogP contribution in [0.5, 0.6) is 11.5 Å². The van der Waals surface area contributed by atoms with Gasteiger partial charge in [0.2, 0.25) is 0 Å². The Morgan fingerprint density at radius 2 is 1.91 bits per heavy atom. The Balaban J connectivity index is 1.74. The van der Waals surface area contributed by atoms with E-state index in [-0.39, 0.29) is 6.09 Å². The van der Waals surface area contributed by atoms with Crippen LogP contribution in [0.4, 0.5) is 10.5 Å². The number of hydrogen-bond acceptors (Lipinski definition) is 5. The number of thioether (sulfide) groups is 1. The van der Waals surface area contributed by atoms with E-state index in [4.69, 9.17) is 15.2 Å². The number of hydrogen-bond donors (Lipinski definition) is 1. The molecule has 0 unspecified atom stereocenters. The number of nitrogen functional groups attached to an aromatic ring is 1. The molecular weight excluding hydrogens is 312 g/mol. The van der Waals surface area contributed by atoms with Gasteiger partial charge in [0.1, 0.15) is 11.5 Å². The summed E-state index contributed by atoms with van der Waals surface area (Å²) in [4.78, 5) is 15.3. The lowest BCUT2D eigenvalue weighted by Crippen LogP contribution is -2.34. The van der Waals surface area contributed by atoms with E-state index in [1.54, 1.807) is 48.0 Å². The normalized spacial score (nSPS) is 13.9. The number of rotatable bonds is 2. The Hall–Kier alpha value is -2.34. The van der Waals surface area contributed by atoms with Gasteiger partial charge in [-0.2, -0.15) is 0 Å². The second-order valence-electron chi connectivity index (χ2n) is 5.18. The molecule has 2 N–H and O–H groups in total. The van der Waals surface area contributed by atoms with Crippen molar-refractivity contribution in [3.8, 4) is 11.5 Å². The van der Waals surface area contributed by atoms with Crippen molar-refractivity contribution in [1.82, 2.24) is 4.90 Å². The lowest BCUT2D eigenvalue weighted by atomic mass is 10.2. The molecule has 1 aliphatic rings. The fraction of sp³-hybridized carbons (Fsp3) is 0.235. The van der Waals surface area contributed by atoms with Crippen molar-refractivity contribution >= 4 is 23.5 Å². The molecule has 0 radical (unpaired) electrons. The molecule has 0 spiro atoms. The van der Waals surface area contributed by atoms with Crippen molar-refractivity contribution in [3.63, 3.8) is 0 Å². The van der Waals surface area contributed by atoms with Gasteiger partial charge in [-0.15, -0.1) is 11.8 Å². The standard InChI is InChI=1S/C17H18N2O3S/c1-21-15-6-7-16-12(10-15)11-19(8-9-23-16)17(20)22-14-4-2-13(18)3-5-14/h2-7,10H,8-9,11,18H2,1H3. The Morgan fingerprint density at radius 1 is 1.17 bits per heavy atom. The summed E-state index contributed by atoms with van der Waals surface area (Å²) in [6.07, 6.45) is -0.356. The van der Waals surface area contributed by atoms with Crippen LogP contribution in [0.15, 0.2) is 47.4 Å². The SMILES string of the molecule is COc1ccc2c(c1)CN(C(=O)Oc1ccc(N)cc1)CCS2. The number of amides is 1. The highest BCUT2D eigenvalue weighted by Gasteiger charge is 2.21. The monoisotopic (exact) mass is 330 g/mol. The molecule has 3 rings (SSSR count). The molecule has 0 aliphatic carbocycles. The van der Waals surface area contributed by atoms with Crippen molar-refractivity contribution in [1.29, 1.82) is 0 Å². The van der Waals surface area contributed by atoms with Gasteiger partial charge < -0.3 is 20.1 Å². The molecule has 6 heteroatoms. The predicted octanol–water partition coefficient (Wildman–Crippen LogP) is 3.38. The van der Waals surface area contributed by atoms with Gasteiger partial charge in [0, 0.05) is 22.9 Å². The molecule has 0 bridgehead atoms. The van der Waals surface area contributed by atoms with Gasteiger partial charge >= 0.3 is 6.09 Å². The number of benzene rings is 2. The first-order valence-corrected chi connectivity index (χ1v) is 8.26. The second-order valence-corrected chi connectivity index (χ2v) is 6.32. The van der Waals surface area contributed by atoms with E-state index in [1.807, 2.05) is 18.2 Å². The molecule has 0 saturated carbocycles. The maximum Gasteiger partial charge on any atom is 0.415 e. The van der Waals surface area contributed by atoms with Crippen molar-refractivity contribution < 1.29 is 14.3 Å². The second kappa shape index (κ2) is 6.83. The summed E-state index contributed by atoms with van der Waals surface area (Å²) >= 11 is 1.74. The Bertz CT molecular complexity index is 703. The first kappa shape index (κ1) is 15.6. The lowest BCUT2D eigenvalue weighted by molar-refractivity contribution is 0.152. The fourth-order valence-electron chi connectivity index (χ4n) is 2.35. The molecule has 1 amide bonds. The average molecular weight is 330 g/mol. The van der Waals surface area contributed by atoms with Crippen LogP contribution < -0.4 is 15.2 Å². The van der Waals surface area contributed by atoms with Crippen LogP contribution in [0, 0.1) is 0 Å². The zero-order chi connectivity index (χ0) is 16.2. The molecule has 1 aliphatic heterocycles. The van der Waals surface area contributed by atoms with E-state index in [2.05, 4.69) is 0 Å². The summed E-state index contributed by atoms with van der Waals surface area (Å²) in [5.41, 5.74) is 7.34. The molecule has 5 nitrogen and oxygen atoms in total. The zero-order valence-electron chi connectivity index (χ0n) is 12.8. The Labute approximate surface area is 139 Å². The van der Waals surface area contributed by atoms with Gasteiger partial charge in [0.25, 0.3) is 0 Å². The van der Waals surface area contributed by atoms with Crippen molar-refractivity contribution in [2.24, 2.45) is 0 Å². The largest absolute Gasteiger partial charge is 0.497 e. The van der Waals surface area contributed by atoms with Gasteiger partial charge in [-0.3, -0.25) is 0 Å². The number of nitrogens with two attached hydrogens (primary N) is 1. The molecule has 1 heterocycles. The number of fused-ring (bicyclic) bond motifs is 1. The Kier molecular flexibility index (Phi) is 4.62. The third kappa shape index (κ3) is 3.71. The highest BCUT2D eigenvalue weighted by Crippen LogP contribution is 2.30. The summed E-state index contributed by atoms with van der Waals surface area (Å²) in [5.74, 6) is 2.11. The summed E-state index contributed by atoms with van der Waals surface area (Å²) in [5, 5.41) is 0. The number of anilines is 1. The van der Waals surface area contributed by atoms with Crippen LogP contribution in [0.2, 0.25) is 0 Å². The first-order valence-electron chi connectivity index (χ1n) is 7.28. The summed E-state index contributed by atoms with van der Waals surface area (Å²) < 4.78 is 10.7. The van der Waals surface area contributed by atoms with Gasteiger partial charge in [-0.1, -0.05) is 0 Å². The maximum atomic E-state index is 12.4. The zero-order valence-corrected chi connectivity index (χ0v) is 13.6. The summed E-state index contributed by atoms with van der Waals surface area (Å²) in [7, 11) is 1.64. The van der Waals surface area contributed by atoms with Gasteiger partial charge in [-0.05, 0) is 48.0 Å². The molecule has 2 aromatic rings. The van der Waals surface area contributed by atoms with Crippen LogP contribution in [0.25, 0.3) is 0 Å². The first-order chi connectivity index (χ1) is 11.2. The van der Waals surface area contributed by atoms with E-state index in [0.717, 1.165) is 17.1 Å². The minimum Gasteiger partial charge on any atom is -0.497 e. The number of carbonyl (C=O) groups is 1. The molecule has 2 aromatic carbocycles. The molecule has 0 aromatic heterocycles. The Morgan fingerprint density at radius 3 is 2.65 bits per heavy atom. The lowest BCUT2D eigenvalue weighted by Gasteiger charge is -2.20. The van der Waals surface area contributed by atoms with Crippen LogP contribution >= 0.6 is 11.8 Å².